The Labute approximate surface area is 100 Å². The molecule has 2 N–H and O–H groups in total. The predicted molar refractivity (Wildman–Crippen MR) is 65.6 cm³/mol. The van der Waals surface area contributed by atoms with Gasteiger partial charge >= 0.3 is 0 Å². The van der Waals surface area contributed by atoms with Crippen LogP contribution in [-0.4, -0.2) is 16.1 Å². The first-order chi connectivity index (χ1) is 8.16. The number of hydrogen-bond donors (Lipinski definition) is 2. The lowest BCUT2D eigenvalue weighted by molar-refractivity contribution is 0.0940. The van der Waals surface area contributed by atoms with E-state index in [-0.39, 0.29) is 11.9 Å². The zero-order valence-electron chi connectivity index (χ0n) is 9.90. The SMILES string of the molecule is Cc1cccc(C(=O)NC(C)c2cn[nH]c2)c1. The Hall–Kier alpha value is -2.10. The Balaban J connectivity index is 2.07. The average Bonchev–Trinajstić information content (AvgIpc) is 2.82. The summed E-state index contributed by atoms with van der Waals surface area (Å²) >= 11 is 0. The molecule has 88 valence electrons. The van der Waals surface area contributed by atoms with Gasteiger partial charge in [0.2, 0.25) is 0 Å². The van der Waals surface area contributed by atoms with Crippen LogP contribution in [0.3, 0.4) is 0 Å². The molecule has 1 amide bonds. The summed E-state index contributed by atoms with van der Waals surface area (Å²) in [5, 5.41) is 9.52. The summed E-state index contributed by atoms with van der Waals surface area (Å²) in [5.41, 5.74) is 2.72. The predicted octanol–water partition coefficient (Wildman–Crippen LogP) is 2.21. The number of amides is 1. The molecule has 0 bridgehead atoms. The molecule has 0 spiro atoms. The van der Waals surface area contributed by atoms with Crippen molar-refractivity contribution in [2.45, 2.75) is 19.9 Å². The van der Waals surface area contributed by atoms with E-state index < -0.39 is 0 Å². The van der Waals surface area contributed by atoms with Crippen molar-refractivity contribution in [2.75, 3.05) is 0 Å². The molecular formula is C13H15N3O. The first kappa shape index (κ1) is 11.4. The van der Waals surface area contributed by atoms with Gasteiger partial charge in [-0.15, -0.1) is 0 Å². The fraction of sp³-hybridized carbons (Fsp3) is 0.231. The van der Waals surface area contributed by atoms with Crippen molar-refractivity contribution < 1.29 is 4.79 Å². The first-order valence-corrected chi connectivity index (χ1v) is 5.53. The summed E-state index contributed by atoms with van der Waals surface area (Å²) in [6, 6.07) is 7.48. The molecule has 0 saturated heterocycles. The number of aromatic amines is 1. The number of aromatic nitrogens is 2. The Morgan fingerprint density at radius 2 is 2.29 bits per heavy atom. The third-order valence-electron chi connectivity index (χ3n) is 2.65. The molecule has 0 saturated carbocycles. The van der Waals surface area contributed by atoms with Crippen LogP contribution in [0.15, 0.2) is 36.7 Å². The van der Waals surface area contributed by atoms with Gasteiger partial charge < -0.3 is 5.32 Å². The minimum Gasteiger partial charge on any atom is -0.345 e. The van der Waals surface area contributed by atoms with Crippen LogP contribution >= 0.6 is 0 Å². The molecule has 0 fully saturated rings. The zero-order valence-corrected chi connectivity index (χ0v) is 9.90. The summed E-state index contributed by atoms with van der Waals surface area (Å²) in [6.07, 6.45) is 3.49. The van der Waals surface area contributed by atoms with E-state index in [0.717, 1.165) is 11.1 Å². The van der Waals surface area contributed by atoms with Crippen molar-refractivity contribution in [1.29, 1.82) is 0 Å². The van der Waals surface area contributed by atoms with Crippen molar-refractivity contribution in [3.63, 3.8) is 0 Å². The highest BCUT2D eigenvalue weighted by molar-refractivity contribution is 5.94. The number of aryl methyl sites for hydroxylation is 1. The number of carbonyl (C=O) groups excluding carboxylic acids is 1. The minimum atomic E-state index is -0.0672. The average molecular weight is 229 g/mol. The summed E-state index contributed by atoms with van der Waals surface area (Å²) in [4.78, 5) is 12.0. The highest BCUT2D eigenvalue weighted by atomic mass is 16.1. The maximum Gasteiger partial charge on any atom is 0.251 e. The van der Waals surface area contributed by atoms with Gasteiger partial charge in [0.1, 0.15) is 0 Å². The van der Waals surface area contributed by atoms with E-state index in [9.17, 15) is 4.79 Å². The number of rotatable bonds is 3. The second-order valence-electron chi connectivity index (χ2n) is 4.10. The molecule has 0 radical (unpaired) electrons. The molecule has 1 heterocycles. The van der Waals surface area contributed by atoms with Gasteiger partial charge in [0, 0.05) is 17.3 Å². The molecule has 1 unspecified atom stereocenters. The summed E-state index contributed by atoms with van der Waals surface area (Å²) in [6.45, 7) is 3.90. The van der Waals surface area contributed by atoms with Crippen LogP contribution in [0.5, 0.6) is 0 Å². The molecule has 0 aliphatic heterocycles. The Bertz CT molecular complexity index is 505. The van der Waals surface area contributed by atoms with Gasteiger partial charge in [-0.05, 0) is 26.0 Å². The third kappa shape index (κ3) is 2.72. The van der Waals surface area contributed by atoms with E-state index in [1.54, 1.807) is 12.4 Å². The number of hydrogen-bond acceptors (Lipinski definition) is 2. The van der Waals surface area contributed by atoms with Crippen LogP contribution in [-0.2, 0) is 0 Å². The summed E-state index contributed by atoms with van der Waals surface area (Å²) < 4.78 is 0. The quantitative estimate of drug-likeness (QED) is 0.847. The highest BCUT2D eigenvalue weighted by Crippen LogP contribution is 2.11. The van der Waals surface area contributed by atoms with Crippen LogP contribution in [0.4, 0.5) is 0 Å². The van der Waals surface area contributed by atoms with Crippen LogP contribution < -0.4 is 5.32 Å². The standard InChI is InChI=1S/C13H15N3O/c1-9-4-3-5-11(6-9)13(17)16-10(2)12-7-14-15-8-12/h3-8,10H,1-2H3,(H,14,15)(H,16,17). The number of carbonyl (C=O) groups is 1. The zero-order chi connectivity index (χ0) is 12.3. The van der Waals surface area contributed by atoms with E-state index in [1.807, 2.05) is 38.1 Å². The molecule has 4 nitrogen and oxygen atoms in total. The number of nitrogens with one attached hydrogen (secondary N) is 2. The van der Waals surface area contributed by atoms with Gasteiger partial charge in [-0.3, -0.25) is 9.89 Å². The van der Waals surface area contributed by atoms with Crippen molar-refractivity contribution in [3.8, 4) is 0 Å². The molecule has 0 aliphatic carbocycles. The Morgan fingerprint density at radius 3 is 2.94 bits per heavy atom. The topological polar surface area (TPSA) is 57.8 Å². The molecule has 2 aromatic rings. The van der Waals surface area contributed by atoms with Gasteiger partial charge in [0.25, 0.3) is 5.91 Å². The van der Waals surface area contributed by atoms with Gasteiger partial charge in [-0.2, -0.15) is 5.10 Å². The lowest BCUT2D eigenvalue weighted by Crippen LogP contribution is -2.26. The minimum absolute atomic E-state index is 0.0539. The second kappa shape index (κ2) is 4.82. The van der Waals surface area contributed by atoms with E-state index in [0.29, 0.717) is 5.56 Å². The van der Waals surface area contributed by atoms with Gasteiger partial charge in [-0.25, -0.2) is 0 Å². The lowest BCUT2D eigenvalue weighted by atomic mass is 10.1. The van der Waals surface area contributed by atoms with E-state index in [2.05, 4.69) is 15.5 Å². The van der Waals surface area contributed by atoms with E-state index in [1.165, 1.54) is 0 Å². The monoisotopic (exact) mass is 229 g/mol. The smallest absolute Gasteiger partial charge is 0.251 e. The van der Waals surface area contributed by atoms with Crippen molar-refractivity contribution >= 4 is 5.91 Å². The molecule has 17 heavy (non-hydrogen) atoms. The van der Waals surface area contributed by atoms with Crippen molar-refractivity contribution in [2.24, 2.45) is 0 Å². The fourth-order valence-corrected chi connectivity index (χ4v) is 1.65. The van der Waals surface area contributed by atoms with Gasteiger partial charge in [0.05, 0.1) is 12.2 Å². The molecule has 1 atom stereocenters. The fourth-order valence-electron chi connectivity index (χ4n) is 1.65. The third-order valence-corrected chi connectivity index (χ3v) is 2.65. The molecular weight excluding hydrogens is 214 g/mol. The van der Waals surface area contributed by atoms with Crippen LogP contribution in [0.2, 0.25) is 0 Å². The van der Waals surface area contributed by atoms with Crippen LogP contribution in [0.1, 0.15) is 34.5 Å². The molecule has 4 heteroatoms. The van der Waals surface area contributed by atoms with Gasteiger partial charge in [0.15, 0.2) is 0 Å². The molecule has 0 aliphatic rings. The summed E-state index contributed by atoms with van der Waals surface area (Å²) in [7, 11) is 0. The van der Waals surface area contributed by atoms with Gasteiger partial charge in [-0.1, -0.05) is 17.7 Å². The van der Waals surface area contributed by atoms with Crippen LogP contribution in [0, 0.1) is 6.92 Å². The molecule has 2 rings (SSSR count). The lowest BCUT2D eigenvalue weighted by Gasteiger charge is -2.12. The number of nitrogens with zero attached hydrogens (tertiary/aromatic N) is 1. The molecule has 1 aromatic heterocycles. The second-order valence-corrected chi connectivity index (χ2v) is 4.10. The Morgan fingerprint density at radius 1 is 1.47 bits per heavy atom. The normalized spacial score (nSPS) is 12.1. The maximum absolute atomic E-state index is 12.0. The highest BCUT2D eigenvalue weighted by Gasteiger charge is 2.11. The largest absolute Gasteiger partial charge is 0.345 e. The maximum atomic E-state index is 12.0. The Kier molecular flexibility index (Phi) is 3.23. The van der Waals surface area contributed by atoms with E-state index in [4.69, 9.17) is 0 Å². The van der Waals surface area contributed by atoms with Crippen LogP contribution in [0.25, 0.3) is 0 Å². The van der Waals surface area contributed by atoms with Crippen molar-refractivity contribution in [1.82, 2.24) is 15.5 Å². The van der Waals surface area contributed by atoms with Crippen molar-refractivity contribution in [3.05, 3.63) is 53.3 Å². The first-order valence-electron chi connectivity index (χ1n) is 5.53. The molecule has 1 aromatic carbocycles. The summed E-state index contributed by atoms with van der Waals surface area (Å²) in [5.74, 6) is -0.0672. The number of benzene rings is 1. The van der Waals surface area contributed by atoms with E-state index >= 15 is 0 Å². The number of H-pyrrole nitrogens is 1.